The van der Waals surface area contributed by atoms with E-state index < -0.39 is 24.1 Å². The van der Waals surface area contributed by atoms with Crippen LogP contribution in [0.4, 0.5) is 5.95 Å². The maximum absolute atomic E-state index is 11.5. The SMILES string of the molecule is Nc1nc2ncc(C(=O)[C@H](O)CO)nc2c(=O)[nH]1. The normalized spacial score (nSPS) is 12.6. The maximum atomic E-state index is 11.5. The van der Waals surface area contributed by atoms with Gasteiger partial charge in [-0.15, -0.1) is 0 Å². The van der Waals surface area contributed by atoms with Crippen molar-refractivity contribution in [2.24, 2.45) is 0 Å². The molecule has 0 aliphatic rings. The van der Waals surface area contributed by atoms with Crippen molar-refractivity contribution in [1.29, 1.82) is 0 Å². The lowest BCUT2D eigenvalue weighted by Crippen LogP contribution is -2.26. The van der Waals surface area contributed by atoms with Crippen molar-refractivity contribution in [3.05, 3.63) is 22.2 Å². The molecule has 0 spiro atoms. The molecule has 2 heterocycles. The third-order valence-corrected chi connectivity index (χ3v) is 2.16. The van der Waals surface area contributed by atoms with E-state index in [2.05, 4.69) is 19.9 Å². The smallest absolute Gasteiger partial charge is 0.280 e. The number of aliphatic hydroxyl groups is 2. The number of hydrogen-bond donors (Lipinski definition) is 4. The van der Waals surface area contributed by atoms with Crippen molar-refractivity contribution in [2.45, 2.75) is 6.10 Å². The van der Waals surface area contributed by atoms with Crippen LogP contribution >= 0.6 is 0 Å². The molecule has 1 atom stereocenters. The molecule has 0 bridgehead atoms. The molecule has 0 aliphatic heterocycles. The molecule has 0 unspecified atom stereocenters. The van der Waals surface area contributed by atoms with E-state index in [-0.39, 0.29) is 22.8 Å². The second-order valence-electron chi connectivity index (χ2n) is 3.44. The van der Waals surface area contributed by atoms with Crippen molar-refractivity contribution < 1.29 is 15.0 Å². The van der Waals surface area contributed by atoms with Gasteiger partial charge >= 0.3 is 0 Å². The van der Waals surface area contributed by atoms with E-state index in [9.17, 15) is 14.7 Å². The first-order valence-corrected chi connectivity index (χ1v) is 4.88. The van der Waals surface area contributed by atoms with E-state index in [0.717, 1.165) is 6.20 Å². The number of Topliss-reactive ketones (excluding diaryl/α,β-unsaturated/α-hetero) is 1. The molecule has 0 aliphatic carbocycles. The number of aromatic amines is 1. The van der Waals surface area contributed by atoms with Crippen LogP contribution in [-0.4, -0.2) is 48.6 Å². The second-order valence-corrected chi connectivity index (χ2v) is 3.44. The van der Waals surface area contributed by atoms with Gasteiger partial charge in [0.25, 0.3) is 5.56 Å². The van der Waals surface area contributed by atoms with Crippen LogP contribution < -0.4 is 11.3 Å². The summed E-state index contributed by atoms with van der Waals surface area (Å²) >= 11 is 0. The topological polar surface area (TPSA) is 155 Å². The second kappa shape index (κ2) is 4.47. The lowest BCUT2D eigenvalue weighted by atomic mass is 10.2. The third-order valence-electron chi connectivity index (χ3n) is 2.16. The molecule has 0 saturated carbocycles. The van der Waals surface area contributed by atoms with Crippen molar-refractivity contribution in [1.82, 2.24) is 19.9 Å². The largest absolute Gasteiger partial charge is 0.393 e. The lowest BCUT2D eigenvalue weighted by molar-refractivity contribution is 0.0582. The predicted octanol–water partition coefficient (Wildman–Crippen LogP) is -2.17. The fraction of sp³-hybridized carbons (Fsp3) is 0.222. The molecule has 2 aromatic heterocycles. The molecule has 9 heteroatoms. The quantitative estimate of drug-likeness (QED) is 0.449. The van der Waals surface area contributed by atoms with Crippen molar-refractivity contribution in [2.75, 3.05) is 12.3 Å². The number of hydrogen-bond acceptors (Lipinski definition) is 8. The Morgan fingerprint density at radius 2 is 2.22 bits per heavy atom. The van der Waals surface area contributed by atoms with Crippen LogP contribution in [0.3, 0.4) is 0 Å². The zero-order valence-electron chi connectivity index (χ0n) is 8.99. The Balaban J connectivity index is 2.58. The summed E-state index contributed by atoms with van der Waals surface area (Å²) in [6.45, 7) is -0.741. The van der Waals surface area contributed by atoms with Crippen LogP contribution in [0.25, 0.3) is 11.2 Å². The molecule has 2 aromatic rings. The van der Waals surface area contributed by atoms with E-state index in [0.29, 0.717) is 0 Å². The van der Waals surface area contributed by atoms with Crippen LogP contribution in [-0.2, 0) is 0 Å². The number of H-pyrrole nitrogens is 1. The average molecular weight is 251 g/mol. The average Bonchev–Trinajstić information content (AvgIpc) is 2.36. The summed E-state index contributed by atoms with van der Waals surface area (Å²) in [5.41, 5.74) is 4.27. The Kier molecular flexibility index (Phi) is 3.00. The first kappa shape index (κ1) is 12.1. The van der Waals surface area contributed by atoms with Gasteiger partial charge in [-0.1, -0.05) is 0 Å². The highest BCUT2D eigenvalue weighted by atomic mass is 16.3. The Bertz CT molecular complexity index is 668. The number of nitrogens with two attached hydrogens (primary N) is 1. The number of carbonyl (C=O) groups excluding carboxylic acids is 1. The fourth-order valence-electron chi connectivity index (χ4n) is 1.31. The highest BCUT2D eigenvalue weighted by molar-refractivity contribution is 5.98. The first-order valence-electron chi connectivity index (χ1n) is 4.88. The van der Waals surface area contributed by atoms with Gasteiger partial charge in [-0.25, -0.2) is 9.97 Å². The minimum atomic E-state index is -1.60. The van der Waals surface area contributed by atoms with Gasteiger partial charge in [-0.3, -0.25) is 14.6 Å². The summed E-state index contributed by atoms with van der Waals surface area (Å²) in [5.74, 6) is -0.945. The van der Waals surface area contributed by atoms with Crippen LogP contribution in [0.5, 0.6) is 0 Å². The summed E-state index contributed by atoms with van der Waals surface area (Å²) in [7, 11) is 0. The van der Waals surface area contributed by atoms with E-state index in [1.54, 1.807) is 0 Å². The van der Waals surface area contributed by atoms with Gasteiger partial charge in [-0.05, 0) is 0 Å². The Morgan fingerprint density at radius 3 is 2.89 bits per heavy atom. The molecule has 2 rings (SSSR count). The molecule has 0 amide bonds. The molecule has 18 heavy (non-hydrogen) atoms. The van der Waals surface area contributed by atoms with Gasteiger partial charge in [0, 0.05) is 0 Å². The van der Waals surface area contributed by atoms with E-state index in [4.69, 9.17) is 10.8 Å². The number of ketones is 1. The number of nitrogens with one attached hydrogen (secondary N) is 1. The van der Waals surface area contributed by atoms with Crippen molar-refractivity contribution in [3.8, 4) is 0 Å². The van der Waals surface area contributed by atoms with Crippen LogP contribution in [0.2, 0.25) is 0 Å². The standard InChI is InChI=1S/C9H9N5O4/c10-9-13-7-5(8(18)14-9)12-3(1-11-7)6(17)4(16)2-15/h1,4,15-16H,2H2,(H3,10,11,13,14,18)/t4-/m1/s1. The monoisotopic (exact) mass is 251 g/mol. The summed E-state index contributed by atoms with van der Waals surface area (Å²) in [6.07, 6.45) is -0.548. The first-order chi connectivity index (χ1) is 8.52. The number of fused-ring (bicyclic) bond motifs is 1. The van der Waals surface area contributed by atoms with Crippen LogP contribution in [0.1, 0.15) is 10.5 Å². The van der Waals surface area contributed by atoms with Crippen LogP contribution in [0.15, 0.2) is 11.0 Å². The molecule has 0 radical (unpaired) electrons. The van der Waals surface area contributed by atoms with Gasteiger partial charge in [0.15, 0.2) is 11.2 Å². The summed E-state index contributed by atoms with van der Waals surface area (Å²) in [5, 5.41) is 17.8. The summed E-state index contributed by atoms with van der Waals surface area (Å²) in [6, 6.07) is 0. The molecule has 5 N–H and O–H groups in total. The Labute approximate surface area is 99.3 Å². The molecule has 0 fully saturated rings. The number of aromatic nitrogens is 4. The minimum absolute atomic E-state index is 0.00807. The number of rotatable bonds is 3. The fourth-order valence-corrected chi connectivity index (χ4v) is 1.31. The van der Waals surface area contributed by atoms with Gasteiger partial charge in [0.1, 0.15) is 11.8 Å². The molecule has 0 saturated heterocycles. The maximum Gasteiger partial charge on any atom is 0.280 e. The molecular weight excluding hydrogens is 242 g/mol. The van der Waals surface area contributed by atoms with E-state index in [1.807, 2.05) is 0 Å². The highest BCUT2D eigenvalue weighted by Gasteiger charge is 2.19. The molecular formula is C9H9N5O4. The van der Waals surface area contributed by atoms with Crippen LogP contribution in [0, 0.1) is 0 Å². The number of anilines is 1. The lowest BCUT2D eigenvalue weighted by Gasteiger charge is -2.05. The van der Waals surface area contributed by atoms with Crippen molar-refractivity contribution >= 4 is 22.9 Å². The third kappa shape index (κ3) is 2.04. The Hall–Kier alpha value is -2.39. The van der Waals surface area contributed by atoms with Gasteiger partial charge in [-0.2, -0.15) is 4.98 Å². The van der Waals surface area contributed by atoms with Gasteiger partial charge in [0.05, 0.1) is 12.8 Å². The zero-order valence-corrected chi connectivity index (χ0v) is 8.99. The predicted molar refractivity (Wildman–Crippen MR) is 59.8 cm³/mol. The van der Waals surface area contributed by atoms with Gasteiger partial charge < -0.3 is 15.9 Å². The molecule has 9 nitrogen and oxygen atoms in total. The minimum Gasteiger partial charge on any atom is -0.393 e. The molecule has 0 aromatic carbocycles. The van der Waals surface area contributed by atoms with Gasteiger partial charge in [0.2, 0.25) is 11.7 Å². The van der Waals surface area contributed by atoms with E-state index >= 15 is 0 Å². The Morgan fingerprint density at radius 1 is 1.50 bits per heavy atom. The number of carbonyl (C=O) groups is 1. The highest BCUT2D eigenvalue weighted by Crippen LogP contribution is 2.05. The number of nitrogen functional groups attached to an aromatic ring is 1. The van der Waals surface area contributed by atoms with Crippen molar-refractivity contribution in [3.63, 3.8) is 0 Å². The summed E-state index contributed by atoms with van der Waals surface area (Å²) < 4.78 is 0. The number of nitrogens with zero attached hydrogens (tertiary/aromatic N) is 3. The zero-order chi connectivity index (χ0) is 13.3. The summed E-state index contributed by atoms with van der Waals surface area (Å²) in [4.78, 5) is 36.5. The molecule has 94 valence electrons. The number of aliphatic hydroxyl groups excluding tert-OH is 2. The van der Waals surface area contributed by atoms with E-state index in [1.165, 1.54) is 0 Å².